The molecule has 1 N–H and O–H groups in total. The summed E-state index contributed by atoms with van der Waals surface area (Å²) in [5.41, 5.74) is 2.34. The van der Waals surface area contributed by atoms with Crippen LogP contribution in [0.3, 0.4) is 0 Å². The lowest BCUT2D eigenvalue weighted by Gasteiger charge is -2.13. The Bertz CT molecular complexity index is 399. The number of H-pyrrole nitrogens is 1. The molecular formula is C14H26N2O. The molecule has 0 unspecified atom stereocenters. The van der Waals surface area contributed by atoms with E-state index in [0.29, 0.717) is 11.8 Å². The van der Waals surface area contributed by atoms with Crippen molar-refractivity contribution < 1.29 is 0 Å². The van der Waals surface area contributed by atoms with Gasteiger partial charge in [0.2, 0.25) is 0 Å². The van der Waals surface area contributed by atoms with Crippen LogP contribution in [-0.4, -0.2) is 9.78 Å². The summed E-state index contributed by atoms with van der Waals surface area (Å²) in [6.45, 7) is 11.8. The molecule has 0 atom stereocenters. The van der Waals surface area contributed by atoms with Gasteiger partial charge < -0.3 is 0 Å². The average Bonchev–Trinajstić information content (AvgIpc) is 2.45. The van der Waals surface area contributed by atoms with E-state index >= 15 is 0 Å². The molecule has 0 spiro atoms. The van der Waals surface area contributed by atoms with Crippen molar-refractivity contribution in [1.29, 1.82) is 0 Å². The highest BCUT2D eigenvalue weighted by molar-refractivity contribution is 5.19. The lowest BCUT2D eigenvalue weighted by atomic mass is 10.0. The van der Waals surface area contributed by atoms with Crippen LogP contribution in [0.15, 0.2) is 4.79 Å². The molecule has 0 fully saturated rings. The smallest absolute Gasteiger partial charge is 0.267 e. The fourth-order valence-corrected chi connectivity index (χ4v) is 2.20. The molecule has 0 saturated heterocycles. The molecular weight excluding hydrogens is 212 g/mol. The van der Waals surface area contributed by atoms with Crippen LogP contribution in [0.4, 0.5) is 0 Å². The summed E-state index contributed by atoms with van der Waals surface area (Å²) in [6, 6.07) is 0. The van der Waals surface area contributed by atoms with Gasteiger partial charge in [0.25, 0.3) is 5.56 Å². The molecule has 1 aromatic rings. The van der Waals surface area contributed by atoms with E-state index < -0.39 is 0 Å². The molecule has 0 amide bonds. The average molecular weight is 238 g/mol. The number of nitrogens with zero attached hydrogens (tertiary/aromatic N) is 1. The summed E-state index contributed by atoms with van der Waals surface area (Å²) in [7, 11) is 0. The molecule has 98 valence electrons. The Labute approximate surface area is 104 Å². The Kier molecular flexibility index (Phi) is 5.03. The number of nitrogens with one attached hydrogen (secondary N) is 1. The van der Waals surface area contributed by atoms with Crippen molar-refractivity contribution in [1.82, 2.24) is 9.78 Å². The molecule has 17 heavy (non-hydrogen) atoms. The third-order valence-electron chi connectivity index (χ3n) is 2.83. The standard InChI is InChI=1S/C14H26N2O/c1-6-7-12-13(8-10(2)3)16(9-11(4)5)15-14(12)17/h10-11H,6-9H2,1-5H3,(H,15,17). The van der Waals surface area contributed by atoms with Gasteiger partial charge in [-0.1, -0.05) is 41.0 Å². The maximum Gasteiger partial charge on any atom is 0.267 e. The van der Waals surface area contributed by atoms with Gasteiger partial charge in [-0.25, -0.2) is 0 Å². The molecule has 1 rings (SSSR count). The number of hydrogen-bond acceptors (Lipinski definition) is 1. The maximum atomic E-state index is 11.9. The van der Waals surface area contributed by atoms with E-state index in [2.05, 4.69) is 44.4 Å². The number of hydrogen-bond donors (Lipinski definition) is 1. The van der Waals surface area contributed by atoms with Crippen molar-refractivity contribution in [3.05, 3.63) is 21.6 Å². The quantitative estimate of drug-likeness (QED) is 0.813. The molecule has 1 heterocycles. The molecule has 0 aliphatic heterocycles. The van der Waals surface area contributed by atoms with Crippen LogP contribution in [0.2, 0.25) is 0 Å². The van der Waals surface area contributed by atoms with Crippen molar-refractivity contribution in [3.8, 4) is 0 Å². The monoisotopic (exact) mass is 238 g/mol. The zero-order chi connectivity index (χ0) is 13.0. The van der Waals surface area contributed by atoms with Crippen LogP contribution in [0.1, 0.15) is 52.3 Å². The molecule has 3 heteroatoms. The first kappa shape index (κ1) is 14.1. The van der Waals surface area contributed by atoms with Crippen LogP contribution in [0.25, 0.3) is 0 Å². The zero-order valence-electron chi connectivity index (χ0n) is 11.8. The van der Waals surface area contributed by atoms with E-state index in [9.17, 15) is 4.79 Å². The third kappa shape index (κ3) is 3.76. The number of aromatic amines is 1. The first-order valence-electron chi connectivity index (χ1n) is 6.76. The predicted octanol–water partition coefficient (Wildman–Crippen LogP) is 2.98. The molecule has 0 aromatic carbocycles. The second-order valence-electron chi connectivity index (χ2n) is 5.72. The fourth-order valence-electron chi connectivity index (χ4n) is 2.20. The van der Waals surface area contributed by atoms with E-state index in [4.69, 9.17) is 0 Å². The molecule has 0 aliphatic carbocycles. The van der Waals surface area contributed by atoms with E-state index in [-0.39, 0.29) is 5.56 Å². The van der Waals surface area contributed by atoms with Gasteiger partial charge in [0, 0.05) is 17.8 Å². The van der Waals surface area contributed by atoms with Gasteiger partial charge in [0.05, 0.1) is 0 Å². The van der Waals surface area contributed by atoms with E-state index in [1.165, 1.54) is 5.69 Å². The Morgan fingerprint density at radius 2 is 1.82 bits per heavy atom. The number of aromatic nitrogens is 2. The summed E-state index contributed by atoms with van der Waals surface area (Å²) in [5.74, 6) is 1.14. The highest BCUT2D eigenvalue weighted by Gasteiger charge is 2.15. The normalized spacial score (nSPS) is 11.7. The van der Waals surface area contributed by atoms with E-state index in [1.807, 2.05) is 0 Å². The third-order valence-corrected chi connectivity index (χ3v) is 2.83. The fraction of sp³-hybridized carbons (Fsp3) is 0.786. The molecule has 0 radical (unpaired) electrons. The molecule has 1 aromatic heterocycles. The van der Waals surface area contributed by atoms with Crippen LogP contribution in [0.5, 0.6) is 0 Å². The molecule has 0 bridgehead atoms. The van der Waals surface area contributed by atoms with Crippen LogP contribution in [-0.2, 0) is 19.4 Å². The van der Waals surface area contributed by atoms with Crippen molar-refractivity contribution in [2.75, 3.05) is 0 Å². The van der Waals surface area contributed by atoms with Gasteiger partial charge in [-0.3, -0.25) is 14.6 Å². The SMILES string of the molecule is CCCc1c(CC(C)C)n(CC(C)C)[nH]c1=O. The van der Waals surface area contributed by atoms with Crippen molar-refractivity contribution in [2.24, 2.45) is 11.8 Å². The maximum absolute atomic E-state index is 11.9. The summed E-state index contributed by atoms with van der Waals surface area (Å²) in [4.78, 5) is 11.9. The minimum Gasteiger partial charge on any atom is -0.289 e. The van der Waals surface area contributed by atoms with E-state index in [1.54, 1.807) is 0 Å². The molecule has 0 saturated carbocycles. The topological polar surface area (TPSA) is 37.8 Å². The minimum absolute atomic E-state index is 0.114. The van der Waals surface area contributed by atoms with Crippen molar-refractivity contribution in [3.63, 3.8) is 0 Å². The lowest BCUT2D eigenvalue weighted by Crippen LogP contribution is -2.13. The zero-order valence-corrected chi connectivity index (χ0v) is 11.8. The Balaban J connectivity index is 3.11. The Morgan fingerprint density at radius 3 is 2.29 bits per heavy atom. The second-order valence-corrected chi connectivity index (χ2v) is 5.72. The van der Waals surface area contributed by atoms with Gasteiger partial charge >= 0.3 is 0 Å². The molecule has 0 aliphatic rings. The van der Waals surface area contributed by atoms with Gasteiger partial charge in [0.1, 0.15) is 0 Å². The van der Waals surface area contributed by atoms with Crippen LogP contribution < -0.4 is 5.56 Å². The summed E-state index contributed by atoms with van der Waals surface area (Å²) >= 11 is 0. The first-order valence-corrected chi connectivity index (χ1v) is 6.76. The Hall–Kier alpha value is -0.990. The van der Waals surface area contributed by atoms with Gasteiger partial charge in [-0.15, -0.1) is 0 Å². The minimum atomic E-state index is 0.114. The van der Waals surface area contributed by atoms with E-state index in [0.717, 1.165) is 31.4 Å². The van der Waals surface area contributed by atoms with Gasteiger partial charge in [-0.05, 0) is 24.7 Å². The largest absolute Gasteiger partial charge is 0.289 e. The van der Waals surface area contributed by atoms with Gasteiger partial charge in [0.15, 0.2) is 0 Å². The lowest BCUT2D eigenvalue weighted by molar-refractivity contribution is 0.454. The first-order chi connectivity index (χ1) is 7.95. The van der Waals surface area contributed by atoms with Crippen LogP contribution in [0, 0.1) is 11.8 Å². The highest BCUT2D eigenvalue weighted by Crippen LogP contribution is 2.14. The Morgan fingerprint density at radius 1 is 1.18 bits per heavy atom. The van der Waals surface area contributed by atoms with Gasteiger partial charge in [-0.2, -0.15) is 0 Å². The number of rotatable bonds is 6. The highest BCUT2D eigenvalue weighted by atomic mass is 16.1. The predicted molar refractivity (Wildman–Crippen MR) is 72.4 cm³/mol. The molecule has 3 nitrogen and oxygen atoms in total. The van der Waals surface area contributed by atoms with Crippen LogP contribution >= 0.6 is 0 Å². The van der Waals surface area contributed by atoms with Crippen molar-refractivity contribution in [2.45, 2.75) is 60.4 Å². The summed E-state index contributed by atoms with van der Waals surface area (Å²) in [6.07, 6.45) is 2.91. The summed E-state index contributed by atoms with van der Waals surface area (Å²) in [5, 5.41) is 3.00. The second kappa shape index (κ2) is 6.08. The summed E-state index contributed by atoms with van der Waals surface area (Å²) < 4.78 is 2.07. The van der Waals surface area contributed by atoms with Crippen molar-refractivity contribution >= 4 is 0 Å².